The van der Waals surface area contributed by atoms with E-state index in [1.165, 1.54) is 24.8 Å². The highest BCUT2D eigenvalue weighted by molar-refractivity contribution is 5.83. The molecule has 1 aliphatic heterocycles. The van der Waals surface area contributed by atoms with Gasteiger partial charge >= 0.3 is 0 Å². The molecule has 35 heavy (non-hydrogen) atoms. The van der Waals surface area contributed by atoms with E-state index in [0.29, 0.717) is 19.1 Å². The van der Waals surface area contributed by atoms with Gasteiger partial charge in [-0.1, -0.05) is 32.3 Å². The number of hydrogen-bond acceptors (Lipinski definition) is 6. The Hall–Kier alpha value is -2.58. The largest absolute Gasteiger partial charge is 0.376 e. The first kappa shape index (κ1) is 24.1. The average molecular weight is 479 g/mol. The Labute approximate surface area is 207 Å². The predicted octanol–water partition coefficient (Wildman–Crippen LogP) is 4.60. The molecule has 3 heterocycles. The summed E-state index contributed by atoms with van der Waals surface area (Å²) in [5.41, 5.74) is 4.07. The van der Waals surface area contributed by atoms with E-state index in [9.17, 15) is 4.79 Å². The molecule has 3 aromatic rings. The van der Waals surface area contributed by atoms with E-state index in [4.69, 9.17) is 4.74 Å². The molecular weight excluding hydrogens is 440 g/mol. The van der Waals surface area contributed by atoms with Crippen LogP contribution in [0.4, 0.5) is 0 Å². The quantitative estimate of drug-likeness (QED) is 0.509. The van der Waals surface area contributed by atoms with Crippen molar-refractivity contribution in [3.05, 3.63) is 51.1 Å². The second-order valence-corrected chi connectivity index (χ2v) is 10.4. The summed E-state index contributed by atoms with van der Waals surface area (Å²) in [6.07, 6.45) is 9.23. The zero-order valence-corrected chi connectivity index (χ0v) is 21.3. The molecule has 1 aromatic carbocycles. The lowest BCUT2D eigenvalue weighted by molar-refractivity contribution is 0.0734. The van der Waals surface area contributed by atoms with Gasteiger partial charge in [-0.2, -0.15) is 0 Å². The number of benzene rings is 1. The number of tetrazole rings is 1. The van der Waals surface area contributed by atoms with Crippen LogP contribution in [-0.2, 0) is 17.8 Å². The monoisotopic (exact) mass is 478 g/mol. The molecule has 8 heteroatoms. The molecule has 0 amide bonds. The van der Waals surface area contributed by atoms with Crippen molar-refractivity contribution >= 4 is 10.9 Å². The second kappa shape index (κ2) is 10.6. The summed E-state index contributed by atoms with van der Waals surface area (Å²) in [6.45, 7) is 8.47. The molecule has 1 saturated carbocycles. The van der Waals surface area contributed by atoms with E-state index in [0.717, 1.165) is 66.6 Å². The second-order valence-electron chi connectivity index (χ2n) is 10.4. The van der Waals surface area contributed by atoms with Gasteiger partial charge in [0.05, 0.1) is 18.7 Å². The Morgan fingerprint density at radius 1 is 1.14 bits per heavy atom. The minimum atomic E-state index is -0.00268. The van der Waals surface area contributed by atoms with Gasteiger partial charge in [-0.25, -0.2) is 4.68 Å². The van der Waals surface area contributed by atoms with Crippen LogP contribution in [0, 0.1) is 13.8 Å². The highest BCUT2D eigenvalue weighted by Crippen LogP contribution is 2.33. The van der Waals surface area contributed by atoms with Gasteiger partial charge in [0.15, 0.2) is 5.82 Å². The maximum absolute atomic E-state index is 13.2. The van der Waals surface area contributed by atoms with Gasteiger partial charge in [0.1, 0.15) is 0 Å². The van der Waals surface area contributed by atoms with Crippen LogP contribution in [0.15, 0.2) is 23.0 Å². The first-order valence-electron chi connectivity index (χ1n) is 13.3. The van der Waals surface area contributed by atoms with Crippen LogP contribution >= 0.6 is 0 Å². The van der Waals surface area contributed by atoms with Crippen LogP contribution in [0.5, 0.6) is 0 Å². The third-order valence-electron chi connectivity index (χ3n) is 7.83. The van der Waals surface area contributed by atoms with E-state index in [1.54, 1.807) is 0 Å². The molecule has 2 fully saturated rings. The molecule has 1 aliphatic carbocycles. The van der Waals surface area contributed by atoms with E-state index in [1.807, 2.05) is 4.68 Å². The Kier molecular flexibility index (Phi) is 7.29. The fourth-order valence-electron chi connectivity index (χ4n) is 6.06. The topological polar surface area (TPSA) is 88.9 Å². The van der Waals surface area contributed by atoms with Crippen LogP contribution in [0.1, 0.15) is 86.8 Å². The first-order valence-corrected chi connectivity index (χ1v) is 13.3. The fraction of sp³-hybridized carbons (Fsp3) is 0.630. The number of ether oxygens (including phenoxy) is 1. The number of aromatic amines is 1. The fourth-order valence-corrected chi connectivity index (χ4v) is 6.06. The number of fused-ring (bicyclic) bond motifs is 1. The van der Waals surface area contributed by atoms with Gasteiger partial charge < -0.3 is 9.72 Å². The van der Waals surface area contributed by atoms with Crippen molar-refractivity contribution in [3.8, 4) is 0 Å². The SMILES string of the molecule is CC[C@H](c1nnnn1C[C@H]1CCCO1)N(Cc1cc2c(C)cc(C)cc2[nH]c1=O)C1CCCCC1. The van der Waals surface area contributed by atoms with Crippen molar-refractivity contribution in [1.82, 2.24) is 30.1 Å². The van der Waals surface area contributed by atoms with Gasteiger partial charge in [-0.15, -0.1) is 5.10 Å². The third-order valence-corrected chi connectivity index (χ3v) is 7.83. The Balaban J connectivity index is 1.50. The van der Waals surface area contributed by atoms with Gasteiger partial charge in [-0.3, -0.25) is 9.69 Å². The van der Waals surface area contributed by atoms with Crippen LogP contribution < -0.4 is 5.56 Å². The number of hydrogen-bond donors (Lipinski definition) is 1. The van der Waals surface area contributed by atoms with Crippen molar-refractivity contribution in [2.75, 3.05) is 6.61 Å². The predicted molar refractivity (Wildman–Crippen MR) is 136 cm³/mol. The lowest BCUT2D eigenvalue weighted by Crippen LogP contribution is -2.41. The highest BCUT2D eigenvalue weighted by Gasteiger charge is 2.32. The van der Waals surface area contributed by atoms with Crippen LogP contribution in [0.25, 0.3) is 10.9 Å². The van der Waals surface area contributed by atoms with Crippen molar-refractivity contribution in [2.45, 2.75) is 103 Å². The number of nitrogens with one attached hydrogen (secondary N) is 1. The number of rotatable bonds is 8. The van der Waals surface area contributed by atoms with Crippen LogP contribution in [0.2, 0.25) is 0 Å². The molecule has 2 aromatic heterocycles. The molecule has 0 unspecified atom stereocenters. The summed E-state index contributed by atoms with van der Waals surface area (Å²) in [7, 11) is 0. The number of nitrogens with zero attached hydrogens (tertiary/aromatic N) is 5. The van der Waals surface area contributed by atoms with Crippen LogP contribution in [-0.4, -0.2) is 48.8 Å². The van der Waals surface area contributed by atoms with Crippen molar-refractivity contribution in [2.24, 2.45) is 0 Å². The molecule has 2 aliphatic rings. The molecule has 0 radical (unpaired) electrons. The number of aryl methyl sites for hydroxylation is 2. The number of aromatic nitrogens is 5. The minimum Gasteiger partial charge on any atom is -0.376 e. The van der Waals surface area contributed by atoms with Gasteiger partial charge in [0.2, 0.25) is 0 Å². The zero-order valence-electron chi connectivity index (χ0n) is 21.3. The van der Waals surface area contributed by atoms with Crippen molar-refractivity contribution < 1.29 is 4.74 Å². The van der Waals surface area contributed by atoms with E-state index in [-0.39, 0.29) is 17.7 Å². The Morgan fingerprint density at radius 3 is 2.71 bits per heavy atom. The van der Waals surface area contributed by atoms with Crippen LogP contribution in [0.3, 0.4) is 0 Å². The van der Waals surface area contributed by atoms with Crippen molar-refractivity contribution in [3.63, 3.8) is 0 Å². The lowest BCUT2D eigenvalue weighted by Gasteiger charge is -2.39. The van der Waals surface area contributed by atoms with Gasteiger partial charge in [0.25, 0.3) is 5.56 Å². The molecule has 1 saturated heterocycles. The smallest absolute Gasteiger partial charge is 0.252 e. The minimum absolute atomic E-state index is 0.00268. The summed E-state index contributed by atoms with van der Waals surface area (Å²) in [5, 5.41) is 14.0. The maximum atomic E-state index is 13.2. The Morgan fingerprint density at radius 2 is 1.97 bits per heavy atom. The van der Waals surface area contributed by atoms with E-state index >= 15 is 0 Å². The molecule has 188 valence electrons. The van der Waals surface area contributed by atoms with Gasteiger partial charge in [-0.05, 0) is 79.6 Å². The zero-order chi connectivity index (χ0) is 24.4. The summed E-state index contributed by atoms with van der Waals surface area (Å²) >= 11 is 0. The highest BCUT2D eigenvalue weighted by atomic mass is 16.5. The molecule has 2 atom stereocenters. The van der Waals surface area contributed by atoms with E-state index < -0.39 is 0 Å². The summed E-state index contributed by atoms with van der Waals surface area (Å²) in [6, 6.07) is 6.79. The van der Waals surface area contributed by atoms with E-state index in [2.05, 4.69) is 64.4 Å². The first-order chi connectivity index (χ1) is 17.0. The molecule has 1 N–H and O–H groups in total. The summed E-state index contributed by atoms with van der Waals surface area (Å²) < 4.78 is 7.81. The normalized spacial score (nSPS) is 20.2. The molecular formula is C27H38N6O2. The summed E-state index contributed by atoms with van der Waals surface area (Å²) in [5.74, 6) is 0.887. The van der Waals surface area contributed by atoms with Gasteiger partial charge in [0, 0.05) is 35.7 Å². The molecule has 5 rings (SSSR count). The summed E-state index contributed by atoms with van der Waals surface area (Å²) in [4.78, 5) is 18.9. The number of H-pyrrole nitrogens is 1. The lowest BCUT2D eigenvalue weighted by atomic mass is 9.92. The molecule has 0 spiro atoms. The van der Waals surface area contributed by atoms with Crippen molar-refractivity contribution in [1.29, 1.82) is 0 Å². The maximum Gasteiger partial charge on any atom is 0.252 e. The standard InChI is InChI=1S/C27H38N6O2/c1-4-25(26-29-30-31-33(26)17-22-11-8-12-35-22)32(21-9-6-5-7-10-21)16-20-15-23-19(3)13-18(2)14-24(23)28-27(20)34/h13-15,21-22,25H,4-12,16-17H2,1-3H3,(H,28,34)/t22-,25-/m1/s1. The third kappa shape index (κ3) is 5.19. The Bertz CT molecular complexity index is 1210. The number of pyridine rings is 1. The molecule has 8 nitrogen and oxygen atoms in total. The average Bonchev–Trinajstić information content (AvgIpc) is 3.53. The molecule has 0 bridgehead atoms.